The molecular formula is C17H31N3O4S. The van der Waals surface area contributed by atoms with Crippen LogP contribution in [0.25, 0.3) is 0 Å². The Morgan fingerprint density at radius 3 is 2.36 bits per heavy atom. The van der Waals surface area contributed by atoms with Gasteiger partial charge in [-0.25, -0.2) is 0 Å². The highest BCUT2D eigenvalue weighted by Gasteiger charge is 2.52. The van der Waals surface area contributed by atoms with E-state index in [-0.39, 0.29) is 18.1 Å². The average molecular weight is 374 g/mol. The number of rotatable bonds is 4. The molecule has 0 bridgehead atoms. The molecule has 1 spiro atoms. The zero-order valence-corrected chi connectivity index (χ0v) is 16.4. The van der Waals surface area contributed by atoms with Crippen LogP contribution >= 0.6 is 0 Å². The number of likely N-dealkylation sites (tertiary alicyclic amines) is 1. The number of hydrogen-bond acceptors (Lipinski definition) is 4. The van der Waals surface area contributed by atoms with Crippen LogP contribution in [-0.2, 0) is 19.7 Å². The minimum Gasteiger partial charge on any atom is -0.381 e. The van der Waals surface area contributed by atoms with Gasteiger partial charge >= 0.3 is 0 Å². The second kappa shape index (κ2) is 7.13. The summed E-state index contributed by atoms with van der Waals surface area (Å²) in [5.74, 6) is 0.143. The Morgan fingerprint density at radius 1 is 1.08 bits per heavy atom. The van der Waals surface area contributed by atoms with Crippen LogP contribution in [0.1, 0.15) is 46.0 Å². The van der Waals surface area contributed by atoms with Gasteiger partial charge in [-0.15, -0.1) is 0 Å². The molecule has 0 unspecified atom stereocenters. The normalized spacial score (nSPS) is 30.7. The van der Waals surface area contributed by atoms with Crippen LogP contribution in [0.2, 0.25) is 0 Å². The van der Waals surface area contributed by atoms with Gasteiger partial charge in [-0.1, -0.05) is 0 Å². The van der Waals surface area contributed by atoms with Crippen molar-refractivity contribution in [2.75, 3.05) is 39.8 Å². The Kier molecular flexibility index (Phi) is 5.44. The van der Waals surface area contributed by atoms with Crippen molar-refractivity contribution in [3.8, 4) is 0 Å². The molecular weight excluding hydrogens is 342 g/mol. The summed E-state index contributed by atoms with van der Waals surface area (Å²) in [4.78, 5) is 14.9. The van der Waals surface area contributed by atoms with E-state index >= 15 is 0 Å². The number of hydrogen-bond donors (Lipinski definition) is 0. The largest absolute Gasteiger partial charge is 0.381 e. The Labute approximate surface area is 151 Å². The maximum Gasteiger partial charge on any atom is 0.282 e. The molecule has 3 aliphatic heterocycles. The summed E-state index contributed by atoms with van der Waals surface area (Å²) in [6.07, 6.45) is 4.01. The van der Waals surface area contributed by atoms with E-state index in [1.807, 2.05) is 18.7 Å². The highest BCUT2D eigenvalue weighted by molar-refractivity contribution is 7.86. The van der Waals surface area contributed by atoms with Crippen LogP contribution in [-0.4, -0.2) is 79.8 Å². The van der Waals surface area contributed by atoms with Gasteiger partial charge in [0.1, 0.15) is 0 Å². The molecule has 0 saturated carbocycles. The molecule has 25 heavy (non-hydrogen) atoms. The third-order valence-electron chi connectivity index (χ3n) is 6.10. The number of nitrogens with zero attached hydrogens (tertiary/aromatic N) is 3. The summed E-state index contributed by atoms with van der Waals surface area (Å²) in [6.45, 7) is 6.62. The fourth-order valence-corrected chi connectivity index (χ4v) is 6.20. The Morgan fingerprint density at radius 2 is 1.76 bits per heavy atom. The van der Waals surface area contributed by atoms with Gasteiger partial charge in [-0.2, -0.15) is 17.0 Å². The predicted molar refractivity (Wildman–Crippen MR) is 95.2 cm³/mol. The minimum absolute atomic E-state index is 0.143. The fourth-order valence-electron chi connectivity index (χ4n) is 4.47. The number of ether oxygens (including phenoxy) is 1. The van der Waals surface area contributed by atoms with Crippen LogP contribution in [0.4, 0.5) is 0 Å². The first kappa shape index (κ1) is 19.1. The molecule has 8 heteroatoms. The van der Waals surface area contributed by atoms with Gasteiger partial charge in [-0.05, 0) is 46.0 Å². The van der Waals surface area contributed by atoms with Gasteiger partial charge in [0.05, 0.1) is 11.5 Å². The molecule has 0 aromatic carbocycles. The molecule has 1 atom stereocenters. The molecule has 0 aromatic heterocycles. The van der Waals surface area contributed by atoms with Gasteiger partial charge in [0.2, 0.25) is 5.91 Å². The van der Waals surface area contributed by atoms with E-state index in [4.69, 9.17) is 4.74 Å². The molecule has 144 valence electrons. The third kappa shape index (κ3) is 3.46. The first-order valence-corrected chi connectivity index (χ1v) is 10.8. The molecule has 3 fully saturated rings. The zero-order valence-electron chi connectivity index (χ0n) is 15.6. The summed E-state index contributed by atoms with van der Waals surface area (Å²) in [6, 6.07) is 0.170. The Bertz CT molecular complexity index is 601. The number of carbonyl (C=O) groups is 1. The quantitative estimate of drug-likeness (QED) is 0.739. The standard InChI is InChI=1S/C17H31N3O4S/c1-14(2)20-9-4-7-17(16(20)21)8-12-19(13-17)25(22,23)18-10-5-15(24-3)6-11-18/h14-15H,4-13H2,1-3H3/t17-/m0/s1. The van der Waals surface area contributed by atoms with Crippen molar-refractivity contribution >= 4 is 16.1 Å². The van der Waals surface area contributed by atoms with E-state index < -0.39 is 15.6 Å². The fraction of sp³-hybridized carbons (Fsp3) is 0.941. The van der Waals surface area contributed by atoms with Gasteiger partial charge < -0.3 is 9.64 Å². The second-order valence-corrected chi connectivity index (χ2v) is 9.83. The average Bonchev–Trinajstić information content (AvgIpc) is 3.03. The summed E-state index contributed by atoms with van der Waals surface area (Å²) in [5.41, 5.74) is -0.513. The molecule has 3 aliphatic rings. The third-order valence-corrected chi connectivity index (χ3v) is 8.08. The summed E-state index contributed by atoms with van der Waals surface area (Å²) >= 11 is 0. The van der Waals surface area contributed by atoms with Gasteiger partial charge in [0.25, 0.3) is 10.2 Å². The lowest BCUT2D eigenvalue weighted by Gasteiger charge is -2.41. The molecule has 0 radical (unpaired) electrons. The summed E-state index contributed by atoms with van der Waals surface area (Å²) in [7, 11) is -1.81. The number of methoxy groups -OCH3 is 1. The van der Waals surface area contributed by atoms with E-state index in [9.17, 15) is 13.2 Å². The number of piperidine rings is 2. The highest BCUT2D eigenvalue weighted by atomic mass is 32.2. The minimum atomic E-state index is -3.49. The van der Waals surface area contributed by atoms with Crippen LogP contribution in [0.5, 0.6) is 0 Å². The smallest absolute Gasteiger partial charge is 0.282 e. The molecule has 1 amide bonds. The summed E-state index contributed by atoms with van der Waals surface area (Å²) < 4.78 is 34.5. The number of carbonyl (C=O) groups excluding carboxylic acids is 1. The molecule has 0 aliphatic carbocycles. The molecule has 7 nitrogen and oxygen atoms in total. The van der Waals surface area contributed by atoms with E-state index in [0.717, 1.165) is 32.2 Å². The van der Waals surface area contributed by atoms with E-state index in [1.54, 1.807) is 15.7 Å². The topological polar surface area (TPSA) is 70.2 Å². The first-order chi connectivity index (χ1) is 11.8. The molecule has 0 aromatic rings. The van der Waals surface area contributed by atoms with Crippen LogP contribution in [0, 0.1) is 5.41 Å². The van der Waals surface area contributed by atoms with Crippen molar-refractivity contribution in [2.24, 2.45) is 5.41 Å². The lowest BCUT2D eigenvalue weighted by Crippen LogP contribution is -2.53. The van der Waals surface area contributed by atoms with Gasteiger partial charge in [-0.3, -0.25) is 4.79 Å². The van der Waals surface area contributed by atoms with Gasteiger partial charge in [0, 0.05) is 45.9 Å². The SMILES string of the molecule is COC1CCN(S(=O)(=O)N2CC[C@@]3(CCCN(C(C)C)C3=O)C2)CC1. The van der Waals surface area contributed by atoms with E-state index in [1.165, 1.54) is 0 Å². The predicted octanol–water partition coefficient (Wildman–Crippen LogP) is 1.06. The lowest BCUT2D eigenvalue weighted by molar-refractivity contribution is -0.147. The van der Waals surface area contributed by atoms with Crippen molar-refractivity contribution in [2.45, 2.75) is 58.1 Å². The highest BCUT2D eigenvalue weighted by Crippen LogP contribution is 2.42. The van der Waals surface area contributed by atoms with Crippen molar-refractivity contribution in [1.29, 1.82) is 0 Å². The zero-order chi connectivity index (χ0) is 18.2. The van der Waals surface area contributed by atoms with E-state index in [0.29, 0.717) is 32.6 Å². The molecule has 3 saturated heterocycles. The maximum atomic E-state index is 13.0. The van der Waals surface area contributed by atoms with Crippen molar-refractivity contribution in [3.63, 3.8) is 0 Å². The van der Waals surface area contributed by atoms with Crippen LogP contribution in [0.15, 0.2) is 0 Å². The monoisotopic (exact) mass is 373 g/mol. The second-order valence-electron chi connectivity index (χ2n) is 7.90. The van der Waals surface area contributed by atoms with Crippen molar-refractivity contribution in [1.82, 2.24) is 13.5 Å². The van der Waals surface area contributed by atoms with Gasteiger partial charge in [0.15, 0.2) is 0 Å². The Balaban J connectivity index is 1.70. The number of amides is 1. The van der Waals surface area contributed by atoms with Crippen LogP contribution < -0.4 is 0 Å². The lowest BCUT2D eigenvalue weighted by atomic mass is 9.78. The summed E-state index contributed by atoms with van der Waals surface area (Å²) in [5, 5.41) is 0. The molecule has 0 N–H and O–H groups in total. The maximum absolute atomic E-state index is 13.0. The Hall–Kier alpha value is -0.700. The first-order valence-electron chi connectivity index (χ1n) is 9.39. The van der Waals surface area contributed by atoms with Crippen molar-refractivity contribution < 1.29 is 17.9 Å². The van der Waals surface area contributed by atoms with Crippen LogP contribution in [0.3, 0.4) is 0 Å². The van der Waals surface area contributed by atoms with Crippen molar-refractivity contribution in [3.05, 3.63) is 0 Å². The van der Waals surface area contributed by atoms with E-state index in [2.05, 4.69) is 0 Å². The molecule has 3 heterocycles. The molecule has 3 rings (SSSR count).